The van der Waals surface area contributed by atoms with Crippen molar-refractivity contribution in [2.24, 2.45) is 0 Å². The Morgan fingerprint density at radius 1 is 0.909 bits per heavy atom. The zero-order valence-corrected chi connectivity index (χ0v) is 13.5. The average Bonchev–Trinajstić information content (AvgIpc) is 3.16. The van der Waals surface area contributed by atoms with E-state index in [0.717, 1.165) is 25.7 Å². The number of benzene rings is 1. The molecule has 3 rings (SSSR count). The minimum atomic E-state index is -0.175. The van der Waals surface area contributed by atoms with Gasteiger partial charge in [0.05, 0.1) is 22.3 Å². The van der Waals surface area contributed by atoms with Crippen LogP contribution in [-0.2, 0) is 4.74 Å². The van der Waals surface area contributed by atoms with Gasteiger partial charge in [-0.25, -0.2) is 0 Å². The number of imide groups is 1. The van der Waals surface area contributed by atoms with Crippen LogP contribution in [0.15, 0.2) is 24.3 Å². The molecule has 1 atom stereocenters. The van der Waals surface area contributed by atoms with Crippen molar-refractivity contribution in [1.29, 1.82) is 0 Å². The van der Waals surface area contributed by atoms with Gasteiger partial charge in [-0.15, -0.1) is 0 Å². The average molecular weight is 301 g/mol. The highest BCUT2D eigenvalue weighted by molar-refractivity contribution is 6.21. The lowest BCUT2D eigenvalue weighted by molar-refractivity contribution is 0.0640. The smallest absolute Gasteiger partial charge is 0.261 e. The number of hydrogen-bond donors (Lipinski definition) is 0. The summed E-state index contributed by atoms with van der Waals surface area (Å²) >= 11 is 0. The van der Waals surface area contributed by atoms with E-state index in [1.54, 1.807) is 24.3 Å². The van der Waals surface area contributed by atoms with Crippen LogP contribution in [0.2, 0.25) is 0 Å². The molecule has 0 bridgehead atoms. The van der Waals surface area contributed by atoms with E-state index in [4.69, 9.17) is 4.74 Å². The maximum atomic E-state index is 12.4. The first-order valence-corrected chi connectivity index (χ1v) is 8.19. The predicted molar refractivity (Wildman–Crippen MR) is 83.8 cm³/mol. The zero-order chi connectivity index (χ0) is 16.0. The van der Waals surface area contributed by atoms with E-state index >= 15 is 0 Å². The van der Waals surface area contributed by atoms with Gasteiger partial charge in [-0.1, -0.05) is 32.9 Å². The van der Waals surface area contributed by atoms with Gasteiger partial charge < -0.3 is 4.74 Å². The molecule has 0 N–H and O–H groups in total. The standard InChI is InChI=1S/C18H23NO3/c1-4-17(5-2)18(6-3,22-17)11-12-19-15(20)13-9-7-8-10-14(13)16(19)21/h7-10H,4-6,11-12H2,1-3H3. The lowest BCUT2D eigenvalue weighted by Gasteiger charge is -2.20. The molecular formula is C18H23NO3. The Labute approximate surface area is 131 Å². The molecule has 0 spiro atoms. The number of carbonyl (C=O) groups excluding carboxylic acids is 2. The molecule has 0 saturated carbocycles. The zero-order valence-electron chi connectivity index (χ0n) is 13.5. The van der Waals surface area contributed by atoms with Gasteiger partial charge in [0.25, 0.3) is 11.8 Å². The van der Waals surface area contributed by atoms with E-state index in [1.165, 1.54) is 4.90 Å². The van der Waals surface area contributed by atoms with Crippen molar-refractivity contribution in [3.63, 3.8) is 0 Å². The maximum absolute atomic E-state index is 12.4. The van der Waals surface area contributed by atoms with E-state index in [-0.39, 0.29) is 23.0 Å². The number of ether oxygens (including phenoxy) is 1. The monoisotopic (exact) mass is 301 g/mol. The normalized spacial score (nSPS) is 25.5. The molecule has 2 aliphatic rings. The van der Waals surface area contributed by atoms with Gasteiger partial charge in [-0.2, -0.15) is 0 Å². The van der Waals surface area contributed by atoms with Gasteiger partial charge in [-0.05, 0) is 37.8 Å². The number of carbonyl (C=O) groups is 2. The minimum Gasteiger partial charge on any atom is -0.362 e. The van der Waals surface area contributed by atoms with Gasteiger partial charge in [0.15, 0.2) is 0 Å². The van der Waals surface area contributed by atoms with Crippen molar-refractivity contribution in [3.05, 3.63) is 35.4 Å². The molecular weight excluding hydrogens is 278 g/mol. The molecule has 2 amide bonds. The lowest BCUT2D eigenvalue weighted by Crippen LogP contribution is -2.35. The molecule has 0 aromatic heterocycles. The highest BCUT2D eigenvalue weighted by Crippen LogP contribution is 2.57. The number of amides is 2. The van der Waals surface area contributed by atoms with Gasteiger partial charge in [0, 0.05) is 6.54 Å². The molecule has 118 valence electrons. The van der Waals surface area contributed by atoms with Gasteiger partial charge in [0.1, 0.15) is 0 Å². The Balaban J connectivity index is 1.74. The topological polar surface area (TPSA) is 49.9 Å². The van der Waals surface area contributed by atoms with Crippen molar-refractivity contribution in [3.8, 4) is 0 Å². The number of fused-ring (bicyclic) bond motifs is 1. The van der Waals surface area contributed by atoms with Crippen molar-refractivity contribution < 1.29 is 14.3 Å². The molecule has 1 unspecified atom stereocenters. The quantitative estimate of drug-likeness (QED) is 0.597. The predicted octanol–water partition coefficient (Wildman–Crippen LogP) is 3.41. The first kappa shape index (κ1) is 15.2. The summed E-state index contributed by atoms with van der Waals surface area (Å²) in [5.74, 6) is -0.350. The molecule has 4 nitrogen and oxygen atoms in total. The number of nitrogens with zero attached hydrogens (tertiary/aromatic N) is 1. The van der Waals surface area contributed by atoms with Crippen LogP contribution in [0, 0.1) is 0 Å². The van der Waals surface area contributed by atoms with E-state index < -0.39 is 0 Å². The molecule has 1 fully saturated rings. The van der Waals surface area contributed by atoms with Gasteiger partial charge in [-0.3, -0.25) is 14.5 Å². The summed E-state index contributed by atoms with van der Waals surface area (Å²) in [4.78, 5) is 26.2. The molecule has 4 heteroatoms. The molecule has 2 aliphatic heterocycles. The van der Waals surface area contributed by atoms with Gasteiger partial charge in [0.2, 0.25) is 0 Å². The van der Waals surface area contributed by atoms with Crippen LogP contribution in [0.5, 0.6) is 0 Å². The highest BCUT2D eigenvalue weighted by Gasteiger charge is 2.65. The Morgan fingerprint density at radius 2 is 1.41 bits per heavy atom. The number of rotatable bonds is 6. The first-order chi connectivity index (χ1) is 10.5. The second kappa shape index (κ2) is 5.20. The summed E-state index contributed by atoms with van der Waals surface area (Å²) < 4.78 is 6.10. The first-order valence-electron chi connectivity index (χ1n) is 8.19. The Hall–Kier alpha value is -1.68. The van der Waals surface area contributed by atoms with Gasteiger partial charge >= 0.3 is 0 Å². The fraction of sp³-hybridized carbons (Fsp3) is 0.556. The summed E-state index contributed by atoms with van der Waals surface area (Å²) in [6.07, 6.45) is 3.58. The number of hydrogen-bond acceptors (Lipinski definition) is 3. The van der Waals surface area contributed by atoms with Crippen LogP contribution in [0.4, 0.5) is 0 Å². The molecule has 0 radical (unpaired) electrons. The second-order valence-corrected chi connectivity index (χ2v) is 6.21. The third kappa shape index (κ3) is 1.93. The van der Waals surface area contributed by atoms with Crippen molar-refractivity contribution >= 4 is 11.8 Å². The van der Waals surface area contributed by atoms with E-state index in [9.17, 15) is 9.59 Å². The Morgan fingerprint density at radius 3 is 1.82 bits per heavy atom. The summed E-state index contributed by atoms with van der Waals surface area (Å²) in [7, 11) is 0. The maximum Gasteiger partial charge on any atom is 0.261 e. The molecule has 0 aliphatic carbocycles. The molecule has 1 aromatic carbocycles. The van der Waals surface area contributed by atoms with Crippen LogP contribution in [0.3, 0.4) is 0 Å². The largest absolute Gasteiger partial charge is 0.362 e. The SMILES string of the molecule is CCC1(CC)OC1(CC)CCN1C(=O)c2ccccc2C1=O. The number of epoxide rings is 1. The summed E-state index contributed by atoms with van der Waals surface area (Å²) in [6.45, 7) is 6.84. The third-order valence-electron chi connectivity index (χ3n) is 5.51. The second-order valence-electron chi connectivity index (χ2n) is 6.21. The lowest BCUT2D eigenvalue weighted by atomic mass is 9.83. The van der Waals surface area contributed by atoms with Crippen molar-refractivity contribution in [2.75, 3.05) is 6.54 Å². The van der Waals surface area contributed by atoms with Crippen LogP contribution in [0.1, 0.15) is 67.2 Å². The molecule has 22 heavy (non-hydrogen) atoms. The summed E-state index contributed by atoms with van der Waals surface area (Å²) in [6, 6.07) is 7.04. The van der Waals surface area contributed by atoms with Crippen LogP contribution in [-0.4, -0.2) is 34.5 Å². The fourth-order valence-corrected chi connectivity index (χ4v) is 3.97. The Bertz CT molecular complexity index is 586. The molecule has 1 saturated heterocycles. The van der Waals surface area contributed by atoms with Crippen LogP contribution < -0.4 is 0 Å². The van der Waals surface area contributed by atoms with E-state index in [0.29, 0.717) is 17.7 Å². The van der Waals surface area contributed by atoms with Crippen LogP contribution >= 0.6 is 0 Å². The minimum absolute atomic E-state index is 0.0690. The summed E-state index contributed by atoms with van der Waals surface area (Å²) in [5.41, 5.74) is 0.797. The highest BCUT2D eigenvalue weighted by atomic mass is 16.6. The van der Waals surface area contributed by atoms with E-state index in [2.05, 4.69) is 20.8 Å². The van der Waals surface area contributed by atoms with Crippen LogP contribution in [0.25, 0.3) is 0 Å². The van der Waals surface area contributed by atoms with Crippen molar-refractivity contribution in [2.45, 2.75) is 57.7 Å². The Kier molecular flexibility index (Phi) is 3.60. The third-order valence-corrected chi connectivity index (χ3v) is 5.51. The van der Waals surface area contributed by atoms with E-state index in [1.807, 2.05) is 0 Å². The van der Waals surface area contributed by atoms with Crippen molar-refractivity contribution in [1.82, 2.24) is 4.90 Å². The fourth-order valence-electron chi connectivity index (χ4n) is 3.97. The molecule has 1 aromatic rings. The molecule has 2 heterocycles. The summed E-state index contributed by atoms with van der Waals surface area (Å²) in [5, 5.41) is 0.